The zero-order chi connectivity index (χ0) is 11.6. The average Bonchev–Trinajstić information content (AvgIpc) is 2.18. The van der Waals surface area contributed by atoms with Crippen molar-refractivity contribution >= 4 is 11.9 Å². The molecule has 86 valence electrons. The number of imide groups is 1. The average molecular weight is 213 g/mol. The Bertz CT molecular complexity index is 265. The van der Waals surface area contributed by atoms with Crippen LogP contribution in [0.2, 0.25) is 0 Å². The smallest absolute Gasteiger partial charge is 0.311 e. The summed E-state index contributed by atoms with van der Waals surface area (Å²) < 4.78 is 0. The van der Waals surface area contributed by atoms with E-state index in [1.54, 1.807) is 11.9 Å². The fraction of sp³-hybridized carbons (Fsp3) is 0.800. The Labute approximate surface area is 90.4 Å². The molecule has 0 aromatic carbocycles. The highest BCUT2D eigenvalue weighted by molar-refractivity contribution is 5.96. The highest BCUT2D eigenvalue weighted by Gasteiger charge is 2.33. The molecule has 0 aromatic rings. The molecule has 0 aromatic heterocycles. The van der Waals surface area contributed by atoms with Gasteiger partial charge in [0, 0.05) is 14.1 Å². The van der Waals surface area contributed by atoms with Gasteiger partial charge in [-0.2, -0.15) is 0 Å². The monoisotopic (exact) mass is 213 g/mol. The van der Waals surface area contributed by atoms with E-state index in [1.165, 1.54) is 7.05 Å². The van der Waals surface area contributed by atoms with Gasteiger partial charge in [-0.1, -0.05) is 13.8 Å². The lowest BCUT2D eigenvalue weighted by atomic mass is 10.2. The van der Waals surface area contributed by atoms with E-state index in [-0.39, 0.29) is 18.1 Å². The van der Waals surface area contributed by atoms with Crippen LogP contribution in [0, 0.1) is 5.92 Å². The first-order valence-electron chi connectivity index (χ1n) is 5.20. The Balaban J connectivity index is 2.59. The molecule has 0 saturated carbocycles. The third-order valence-corrected chi connectivity index (χ3v) is 2.56. The van der Waals surface area contributed by atoms with E-state index in [1.807, 2.05) is 0 Å². The highest BCUT2D eigenvalue weighted by atomic mass is 16.2. The molecular weight excluding hydrogens is 194 g/mol. The van der Waals surface area contributed by atoms with Gasteiger partial charge in [0.1, 0.15) is 0 Å². The summed E-state index contributed by atoms with van der Waals surface area (Å²) in [6.07, 6.45) is 0.189. The van der Waals surface area contributed by atoms with Gasteiger partial charge in [0.15, 0.2) is 0 Å². The van der Waals surface area contributed by atoms with Gasteiger partial charge >= 0.3 is 6.03 Å². The standard InChI is InChI=1S/C10H19N3O2/c1-7(2)6-11-8-5-9(14)13(4)10(15)12(8)3/h7-8,11H,5-6H2,1-4H3. The fourth-order valence-corrected chi connectivity index (χ4v) is 1.50. The van der Waals surface area contributed by atoms with E-state index in [9.17, 15) is 9.59 Å². The molecular formula is C10H19N3O2. The summed E-state index contributed by atoms with van der Waals surface area (Å²) in [5, 5.41) is 3.21. The van der Waals surface area contributed by atoms with E-state index in [4.69, 9.17) is 0 Å². The van der Waals surface area contributed by atoms with Crippen LogP contribution < -0.4 is 5.32 Å². The number of hydrogen-bond acceptors (Lipinski definition) is 3. The van der Waals surface area contributed by atoms with Crippen molar-refractivity contribution in [2.45, 2.75) is 26.4 Å². The van der Waals surface area contributed by atoms with Crippen molar-refractivity contribution in [2.75, 3.05) is 20.6 Å². The van der Waals surface area contributed by atoms with Crippen LogP contribution in [0.4, 0.5) is 4.79 Å². The van der Waals surface area contributed by atoms with Crippen molar-refractivity contribution < 1.29 is 9.59 Å². The molecule has 1 rings (SSSR count). The second-order valence-corrected chi connectivity index (χ2v) is 4.37. The first-order chi connectivity index (χ1) is 6.93. The van der Waals surface area contributed by atoms with Gasteiger partial charge in [-0.15, -0.1) is 0 Å². The van der Waals surface area contributed by atoms with Gasteiger partial charge in [0.05, 0.1) is 12.6 Å². The minimum atomic E-state index is -0.243. The molecule has 1 fully saturated rings. The summed E-state index contributed by atoms with van der Waals surface area (Å²) in [5.74, 6) is 0.377. The molecule has 1 unspecified atom stereocenters. The van der Waals surface area contributed by atoms with E-state index in [0.717, 1.165) is 11.4 Å². The van der Waals surface area contributed by atoms with Crippen molar-refractivity contribution in [3.8, 4) is 0 Å². The van der Waals surface area contributed by atoms with Crippen molar-refractivity contribution in [3.05, 3.63) is 0 Å². The van der Waals surface area contributed by atoms with E-state index in [0.29, 0.717) is 12.3 Å². The summed E-state index contributed by atoms with van der Waals surface area (Å²) in [4.78, 5) is 25.8. The van der Waals surface area contributed by atoms with Gasteiger partial charge in [0.2, 0.25) is 5.91 Å². The first kappa shape index (κ1) is 12.0. The van der Waals surface area contributed by atoms with Crippen LogP contribution in [-0.4, -0.2) is 48.5 Å². The Hall–Kier alpha value is -1.10. The predicted molar refractivity (Wildman–Crippen MR) is 57.2 cm³/mol. The molecule has 3 amide bonds. The largest absolute Gasteiger partial charge is 0.327 e. The number of carbonyl (C=O) groups excluding carboxylic acids is 2. The molecule has 1 atom stereocenters. The van der Waals surface area contributed by atoms with Crippen LogP contribution in [-0.2, 0) is 4.79 Å². The van der Waals surface area contributed by atoms with Crippen LogP contribution in [0.1, 0.15) is 20.3 Å². The summed E-state index contributed by atoms with van der Waals surface area (Å²) in [6, 6.07) is -0.243. The molecule has 0 radical (unpaired) electrons. The molecule has 1 N–H and O–H groups in total. The summed E-state index contributed by atoms with van der Waals surface area (Å²) in [7, 11) is 3.23. The molecule has 0 spiro atoms. The number of carbonyl (C=O) groups is 2. The maximum atomic E-state index is 11.6. The van der Waals surface area contributed by atoms with Crippen LogP contribution in [0.15, 0.2) is 0 Å². The van der Waals surface area contributed by atoms with Crippen molar-refractivity contribution in [3.63, 3.8) is 0 Å². The molecule has 0 bridgehead atoms. The number of nitrogens with one attached hydrogen (secondary N) is 1. The van der Waals surface area contributed by atoms with E-state index < -0.39 is 0 Å². The Morgan fingerprint density at radius 3 is 2.53 bits per heavy atom. The van der Waals surface area contributed by atoms with Crippen molar-refractivity contribution in [2.24, 2.45) is 5.92 Å². The first-order valence-corrected chi connectivity index (χ1v) is 5.20. The normalized spacial score (nSPS) is 22.9. The van der Waals surface area contributed by atoms with Crippen LogP contribution in [0.25, 0.3) is 0 Å². The molecule has 1 aliphatic rings. The van der Waals surface area contributed by atoms with Crippen LogP contribution in [0.3, 0.4) is 0 Å². The lowest BCUT2D eigenvalue weighted by Crippen LogP contribution is -2.58. The zero-order valence-electron chi connectivity index (χ0n) is 9.78. The van der Waals surface area contributed by atoms with Gasteiger partial charge in [-0.05, 0) is 12.5 Å². The molecule has 1 saturated heterocycles. The van der Waals surface area contributed by atoms with E-state index >= 15 is 0 Å². The second kappa shape index (κ2) is 4.61. The summed E-state index contributed by atoms with van der Waals surface area (Å²) in [5.41, 5.74) is 0. The number of hydrogen-bond donors (Lipinski definition) is 1. The van der Waals surface area contributed by atoms with E-state index in [2.05, 4.69) is 19.2 Å². The van der Waals surface area contributed by atoms with Crippen molar-refractivity contribution in [1.29, 1.82) is 0 Å². The minimum absolute atomic E-state index is 0.126. The lowest BCUT2D eigenvalue weighted by molar-refractivity contribution is -0.131. The third-order valence-electron chi connectivity index (χ3n) is 2.56. The number of urea groups is 1. The van der Waals surface area contributed by atoms with Crippen LogP contribution in [0.5, 0.6) is 0 Å². The Morgan fingerprint density at radius 1 is 1.40 bits per heavy atom. The van der Waals surface area contributed by atoms with Gasteiger partial charge in [-0.25, -0.2) is 4.79 Å². The predicted octanol–water partition coefficient (Wildman–Crippen LogP) is 0.472. The second-order valence-electron chi connectivity index (χ2n) is 4.37. The molecule has 0 aliphatic carbocycles. The topological polar surface area (TPSA) is 52.7 Å². The minimum Gasteiger partial charge on any atom is -0.311 e. The summed E-state index contributed by atoms with van der Waals surface area (Å²) >= 11 is 0. The molecule has 1 aliphatic heterocycles. The Kier molecular flexibility index (Phi) is 3.68. The van der Waals surface area contributed by atoms with Gasteiger partial charge in [-0.3, -0.25) is 15.0 Å². The van der Waals surface area contributed by atoms with Crippen molar-refractivity contribution in [1.82, 2.24) is 15.1 Å². The lowest BCUT2D eigenvalue weighted by Gasteiger charge is -2.37. The molecule has 5 heteroatoms. The molecule has 5 nitrogen and oxygen atoms in total. The Morgan fingerprint density at radius 2 is 2.00 bits per heavy atom. The SMILES string of the molecule is CC(C)CNC1CC(=O)N(C)C(=O)N1C. The number of nitrogens with zero attached hydrogens (tertiary/aromatic N) is 2. The third kappa shape index (κ3) is 2.68. The summed E-state index contributed by atoms with van der Waals surface area (Å²) in [6.45, 7) is 4.98. The zero-order valence-corrected chi connectivity index (χ0v) is 9.78. The number of amides is 3. The fourth-order valence-electron chi connectivity index (χ4n) is 1.50. The maximum Gasteiger partial charge on any atom is 0.327 e. The number of rotatable bonds is 3. The highest BCUT2D eigenvalue weighted by Crippen LogP contribution is 2.12. The molecule has 1 heterocycles. The van der Waals surface area contributed by atoms with Crippen LogP contribution >= 0.6 is 0 Å². The maximum absolute atomic E-state index is 11.6. The molecule has 15 heavy (non-hydrogen) atoms. The van der Waals surface area contributed by atoms with Gasteiger partial charge in [0.25, 0.3) is 0 Å². The quantitative estimate of drug-likeness (QED) is 0.741. The van der Waals surface area contributed by atoms with Gasteiger partial charge < -0.3 is 4.90 Å².